The van der Waals surface area contributed by atoms with Crippen LogP contribution in [-0.2, 0) is 6.42 Å². The first kappa shape index (κ1) is 13.2. The molecular weight excluding hydrogens is 230 g/mol. The highest BCUT2D eigenvalue weighted by Crippen LogP contribution is 2.26. The first-order valence-corrected chi connectivity index (χ1v) is 5.34. The number of hydrogen-bond donors (Lipinski definition) is 2. The first-order valence-electron chi connectivity index (χ1n) is 4.81. The van der Waals surface area contributed by atoms with E-state index in [-0.39, 0.29) is 0 Å². The smallest absolute Gasteiger partial charge is 0.488 e. The molecule has 0 aromatic heterocycles. The molecule has 0 atom stereocenters. The van der Waals surface area contributed by atoms with Crippen molar-refractivity contribution < 1.29 is 19.5 Å². The predicted molar refractivity (Wildman–Crippen MR) is 63.8 cm³/mol. The lowest BCUT2D eigenvalue weighted by Gasteiger charge is -2.13. The van der Waals surface area contributed by atoms with E-state index in [1.54, 1.807) is 12.1 Å². The van der Waals surface area contributed by atoms with Crippen LogP contribution in [0.15, 0.2) is 12.1 Å². The zero-order valence-electron chi connectivity index (χ0n) is 9.24. The van der Waals surface area contributed by atoms with Gasteiger partial charge in [0.15, 0.2) is 11.5 Å². The zero-order chi connectivity index (χ0) is 12.1. The average Bonchev–Trinajstić information content (AvgIpc) is 2.28. The molecule has 6 heteroatoms. The minimum Gasteiger partial charge on any atom is -0.493 e. The number of aryl methyl sites for hydroxylation is 1. The molecule has 0 amide bonds. The molecule has 1 rings (SSSR count). The van der Waals surface area contributed by atoms with Gasteiger partial charge in [0.1, 0.15) is 0 Å². The van der Waals surface area contributed by atoms with E-state index in [0.29, 0.717) is 29.3 Å². The molecule has 0 spiro atoms. The fourth-order valence-electron chi connectivity index (χ4n) is 1.50. The van der Waals surface area contributed by atoms with E-state index in [0.717, 1.165) is 5.56 Å². The van der Waals surface area contributed by atoms with Gasteiger partial charge in [-0.2, -0.15) is 0 Å². The van der Waals surface area contributed by atoms with Gasteiger partial charge in [-0.15, -0.1) is 11.6 Å². The van der Waals surface area contributed by atoms with Gasteiger partial charge in [-0.05, 0) is 29.6 Å². The largest absolute Gasteiger partial charge is 0.493 e. The van der Waals surface area contributed by atoms with E-state index in [2.05, 4.69) is 0 Å². The summed E-state index contributed by atoms with van der Waals surface area (Å²) >= 11 is 5.65. The molecule has 0 heterocycles. The highest BCUT2D eigenvalue weighted by molar-refractivity contribution is 6.59. The summed E-state index contributed by atoms with van der Waals surface area (Å²) < 4.78 is 10.2. The summed E-state index contributed by atoms with van der Waals surface area (Å²) in [6, 6.07) is 3.25. The van der Waals surface area contributed by atoms with Crippen LogP contribution < -0.4 is 14.9 Å². The second-order valence-corrected chi connectivity index (χ2v) is 3.60. The Morgan fingerprint density at radius 3 is 2.19 bits per heavy atom. The van der Waals surface area contributed by atoms with E-state index in [1.165, 1.54) is 14.2 Å². The lowest BCUT2D eigenvalue weighted by Crippen LogP contribution is -2.33. The zero-order valence-corrected chi connectivity index (χ0v) is 9.99. The van der Waals surface area contributed by atoms with E-state index < -0.39 is 7.12 Å². The van der Waals surface area contributed by atoms with Crippen LogP contribution in [0.4, 0.5) is 0 Å². The summed E-state index contributed by atoms with van der Waals surface area (Å²) in [6.45, 7) is 0. The highest BCUT2D eigenvalue weighted by Gasteiger charge is 2.19. The van der Waals surface area contributed by atoms with Gasteiger partial charge in [-0.25, -0.2) is 0 Å². The van der Waals surface area contributed by atoms with E-state index in [9.17, 15) is 10.0 Å². The fraction of sp³-hybridized carbons (Fsp3) is 0.400. The maximum absolute atomic E-state index is 9.23. The Kier molecular flexibility index (Phi) is 4.92. The lowest BCUT2D eigenvalue weighted by molar-refractivity contribution is 0.354. The molecule has 0 aliphatic carbocycles. The molecule has 88 valence electrons. The van der Waals surface area contributed by atoms with Gasteiger partial charge in [0.2, 0.25) is 0 Å². The van der Waals surface area contributed by atoms with Crippen molar-refractivity contribution in [2.24, 2.45) is 0 Å². The van der Waals surface area contributed by atoms with Crippen molar-refractivity contribution in [3.05, 3.63) is 17.7 Å². The normalized spacial score (nSPS) is 10.1. The number of hydrogen-bond acceptors (Lipinski definition) is 4. The minimum atomic E-state index is -1.54. The van der Waals surface area contributed by atoms with Crippen LogP contribution in [0.2, 0.25) is 0 Å². The van der Waals surface area contributed by atoms with E-state index in [1.807, 2.05) is 0 Å². The highest BCUT2D eigenvalue weighted by atomic mass is 35.5. The van der Waals surface area contributed by atoms with E-state index >= 15 is 0 Å². The molecule has 4 nitrogen and oxygen atoms in total. The summed E-state index contributed by atoms with van der Waals surface area (Å²) in [5.41, 5.74) is 1.13. The van der Waals surface area contributed by atoms with Crippen molar-refractivity contribution in [2.75, 3.05) is 20.1 Å². The molecule has 2 N–H and O–H groups in total. The predicted octanol–water partition coefficient (Wildman–Crippen LogP) is 0.165. The van der Waals surface area contributed by atoms with Gasteiger partial charge < -0.3 is 19.5 Å². The summed E-state index contributed by atoms with van der Waals surface area (Å²) in [7, 11) is 1.47. The van der Waals surface area contributed by atoms with Crippen molar-refractivity contribution in [1.82, 2.24) is 0 Å². The van der Waals surface area contributed by atoms with Crippen molar-refractivity contribution in [1.29, 1.82) is 0 Å². The van der Waals surface area contributed by atoms with Gasteiger partial charge in [-0.3, -0.25) is 0 Å². The Balaban J connectivity index is 3.23. The Labute approximate surface area is 99.9 Å². The van der Waals surface area contributed by atoms with Crippen molar-refractivity contribution in [2.45, 2.75) is 6.42 Å². The maximum Gasteiger partial charge on any atom is 0.488 e. The molecule has 0 saturated carbocycles. The molecule has 0 aliphatic rings. The molecule has 16 heavy (non-hydrogen) atoms. The topological polar surface area (TPSA) is 58.9 Å². The molecule has 1 aromatic rings. The molecule has 0 bridgehead atoms. The first-order chi connectivity index (χ1) is 7.63. The van der Waals surface area contributed by atoms with Crippen LogP contribution in [0.3, 0.4) is 0 Å². The van der Waals surface area contributed by atoms with Crippen LogP contribution in [0, 0.1) is 0 Å². The Hall–Kier alpha value is -0.905. The number of methoxy groups -OCH3 is 2. The van der Waals surface area contributed by atoms with Gasteiger partial charge in [0.05, 0.1) is 14.2 Å². The molecular formula is C10H14BClO4. The molecule has 0 aliphatic heterocycles. The van der Waals surface area contributed by atoms with Gasteiger partial charge in [0.25, 0.3) is 0 Å². The number of benzene rings is 1. The molecule has 0 saturated heterocycles. The third-order valence-electron chi connectivity index (χ3n) is 2.29. The van der Waals surface area contributed by atoms with Crippen molar-refractivity contribution >= 4 is 24.2 Å². The Morgan fingerprint density at radius 2 is 1.75 bits per heavy atom. The standard InChI is InChI=1S/C10H14BClO4/c1-15-9-5-7(3-4-12)8(11(13)14)6-10(9)16-2/h5-6,13-14H,3-4H2,1-2H3. The summed E-state index contributed by atoms with van der Waals surface area (Å²) in [4.78, 5) is 0. The molecule has 1 aromatic carbocycles. The Bertz CT molecular complexity index is 357. The number of halogens is 1. The Morgan fingerprint density at radius 1 is 1.19 bits per heavy atom. The number of ether oxygens (including phenoxy) is 2. The van der Waals surface area contributed by atoms with E-state index in [4.69, 9.17) is 21.1 Å². The SMILES string of the molecule is COc1cc(CCCl)c(B(O)O)cc1OC. The van der Waals surface area contributed by atoms with Crippen LogP contribution in [0.1, 0.15) is 5.56 Å². The second-order valence-electron chi connectivity index (χ2n) is 3.22. The lowest BCUT2D eigenvalue weighted by atomic mass is 9.76. The van der Waals surface area contributed by atoms with Gasteiger partial charge >= 0.3 is 7.12 Å². The summed E-state index contributed by atoms with van der Waals surface area (Å²) in [6.07, 6.45) is 0.537. The van der Waals surface area contributed by atoms with Crippen molar-refractivity contribution in [3.8, 4) is 11.5 Å². The second kappa shape index (κ2) is 5.99. The van der Waals surface area contributed by atoms with Gasteiger partial charge in [-0.1, -0.05) is 0 Å². The summed E-state index contributed by atoms with van der Waals surface area (Å²) in [5.74, 6) is 1.41. The number of alkyl halides is 1. The number of rotatable bonds is 5. The monoisotopic (exact) mass is 244 g/mol. The minimum absolute atomic E-state index is 0.387. The quantitative estimate of drug-likeness (QED) is 0.572. The molecule has 0 fully saturated rings. The molecule has 0 unspecified atom stereocenters. The van der Waals surface area contributed by atoms with Crippen LogP contribution >= 0.6 is 11.6 Å². The van der Waals surface area contributed by atoms with Gasteiger partial charge in [0, 0.05) is 5.88 Å². The van der Waals surface area contributed by atoms with Crippen LogP contribution in [-0.4, -0.2) is 37.3 Å². The summed E-state index contributed by atoms with van der Waals surface area (Å²) in [5, 5.41) is 18.5. The average molecular weight is 244 g/mol. The van der Waals surface area contributed by atoms with Crippen LogP contribution in [0.5, 0.6) is 11.5 Å². The third-order valence-corrected chi connectivity index (χ3v) is 2.48. The fourth-order valence-corrected chi connectivity index (χ4v) is 1.70. The maximum atomic E-state index is 9.23. The van der Waals surface area contributed by atoms with Crippen LogP contribution in [0.25, 0.3) is 0 Å². The third kappa shape index (κ3) is 2.81. The molecule has 0 radical (unpaired) electrons. The van der Waals surface area contributed by atoms with Crippen molar-refractivity contribution in [3.63, 3.8) is 0 Å².